The van der Waals surface area contributed by atoms with Crippen molar-refractivity contribution in [3.05, 3.63) is 40.6 Å². The number of hydrogen-bond donors (Lipinski definition) is 1. The third kappa shape index (κ3) is 2.39. The van der Waals surface area contributed by atoms with E-state index in [4.69, 9.17) is 5.73 Å². The number of hydrogen-bond acceptors (Lipinski definition) is 2. The van der Waals surface area contributed by atoms with E-state index in [0.717, 1.165) is 54.6 Å². The van der Waals surface area contributed by atoms with E-state index < -0.39 is 11.7 Å². The number of nitrogens with zero attached hydrogens (tertiary/aromatic N) is 2. The summed E-state index contributed by atoms with van der Waals surface area (Å²) in [6.45, 7) is 1.78. The molecule has 1 aromatic carbocycles. The van der Waals surface area contributed by atoms with Crippen LogP contribution in [0.5, 0.6) is 0 Å². The molecule has 0 unspecified atom stereocenters. The van der Waals surface area contributed by atoms with E-state index >= 15 is 0 Å². The van der Waals surface area contributed by atoms with Gasteiger partial charge in [-0.25, -0.2) is 4.68 Å². The first-order valence-electron chi connectivity index (χ1n) is 6.92. The van der Waals surface area contributed by atoms with Gasteiger partial charge in [0.2, 0.25) is 0 Å². The second kappa shape index (κ2) is 4.79. The maximum Gasteiger partial charge on any atom is 0.416 e. The normalized spacial score (nSPS) is 15.0. The summed E-state index contributed by atoms with van der Waals surface area (Å²) >= 11 is 0. The van der Waals surface area contributed by atoms with Gasteiger partial charge in [-0.1, -0.05) is 6.07 Å². The molecule has 0 saturated carbocycles. The van der Waals surface area contributed by atoms with Crippen LogP contribution >= 0.6 is 0 Å². The zero-order valence-electron chi connectivity index (χ0n) is 11.7. The Morgan fingerprint density at radius 1 is 1.19 bits per heavy atom. The zero-order valence-corrected chi connectivity index (χ0v) is 11.7. The summed E-state index contributed by atoms with van der Waals surface area (Å²) in [5.41, 5.74) is 8.39. The standard InChI is InChI=1S/C15H16F3N3/c1-9-6-7-10(15(16,17)18)8-13(9)21-12-5-3-2-4-11(12)14(19)20-21/h6-8H,2-5H2,1H3,(H2,19,20). The lowest BCUT2D eigenvalue weighted by Gasteiger charge is -2.16. The van der Waals surface area contributed by atoms with Crippen molar-refractivity contribution in [2.45, 2.75) is 38.8 Å². The maximum absolute atomic E-state index is 12.9. The first kappa shape index (κ1) is 14.0. The molecule has 3 nitrogen and oxygen atoms in total. The summed E-state index contributed by atoms with van der Waals surface area (Å²) in [5.74, 6) is 0.432. The highest BCUT2D eigenvalue weighted by atomic mass is 19.4. The average Bonchev–Trinajstić information content (AvgIpc) is 2.76. The van der Waals surface area contributed by atoms with Gasteiger partial charge in [0.15, 0.2) is 0 Å². The summed E-state index contributed by atoms with van der Waals surface area (Å²) in [6, 6.07) is 3.72. The third-order valence-corrected chi connectivity index (χ3v) is 3.98. The lowest BCUT2D eigenvalue weighted by Crippen LogP contribution is -2.11. The highest BCUT2D eigenvalue weighted by molar-refractivity contribution is 5.51. The second-order valence-corrected chi connectivity index (χ2v) is 5.43. The highest BCUT2D eigenvalue weighted by Crippen LogP contribution is 2.34. The van der Waals surface area contributed by atoms with E-state index in [1.807, 2.05) is 0 Å². The molecule has 3 rings (SSSR count). The summed E-state index contributed by atoms with van der Waals surface area (Å²) in [4.78, 5) is 0. The molecule has 0 fully saturated rings. The van der Waals surface area contributed by atoms with Crippen molar-refractivity contribution in [2.75, 3.05) is 5.73 Å². The zero-order chi connectivity index (χ0) is 15.2. The van der Waals surface area contributed by atoms with Gasteiger partial charge in [0.05, 0.1) is 11.3 Å². The molecule has 0 saturated heterocycles. The van der Waals surface area contributed by atoms with Crippen LogP contribution in [-0.4, -0.2) is 9.78 Å². The first-order valence-corrected chi connectivity index (χ1v) is 6.92. The van der Waals surface area contributed by atoms with E-state index in [1.165, 1.54) is 6.07 Å². The Morgan fingerprint density at radius 2 is 1.90 bits per heavy atom. The molecular formula is C15H16F3N3. The molecule has 1 heterocycles. The van der Waals surface area contributed by atoms with Gasteiger partial charge in [0.1, 0.15) is 5.82 Å². The Bertz CT molecular complexity index is 686. The monoisotopic (exact) mass is 295 g/mol. The van der Waals surface area contributed by atoms with Gasteiger partial charge < -0.3 is 5.73 Å². The van der Waals surface area contributed by atoms with Crippen molar-refractivity contribution in [1.82, 2.24) is 9.78 Å². The fraction of sp³-hybridized carbons (Fsp3) is 0.400. The predicted molar refractivity (Wildman–Crippen MR) is 74.4 cm³/mol. The number of fused-ring (bicyclic) bond motifs is 1. The topological polar surface area (TPSA) is 43.8 Å². The molecule has 112 valence electrons. The quantitative estimate of drug-likeness (QED) is 0.872. The van der Waals surface area contributed by atoms with Crippen molar-refractivity contribution in [3.63, 3.8) is 0 Å². The number of anilines is 1. The summed E-state index contributed by atoms with van der Waals surface area (Å²) < 4.78 is 40.3. The molecule has 1 aliphatic rings. The van der Waals surface area contributed by atoms with Crippen LogP contribution in [-0.2, 0) is 19.0 Å². The van der Waals surface area contributed by atoms with Gasteiger partial charge in [0, 0.05) is 11.3 Å². The first-order chi connectivity index (χ1) is 9.88. The molecular weight excluding hydrogens is 279 g/mol. The molecule has 0 bridgehead atoms. The van der Waals surface area contributed by atoms with Crippen molar-refractivity contribution in [2.24, 2.45) is 0 Å². The van der Waals surface area contributed by atoms with E-state index in [-0.39, 0.29) is 0 Å². The lowest BCUT2D eigenvalue weighted by atomic mass is 9.97. The third-order valence-electron chi connectivity index (χ3n) is 3.98. The Labute approximate surface area is 120 Å². The van der Waals surface area contributed by atoms with Gasteiger partial charge in [-0.15, -0.1) is 0 Å². The lowest BCUT2D eigenvalue weighted by molar-refractivity contribution is -0.137. The molecule has 1 aliphatic carbocycles. The Hall–Kier alpha value is -1.98. The van der Waals surface area contributed by atoms with Crippen LogP contribution in [0.1, 0.15) is 35.2 Å². The highest BCUT2D eigenvalue weighted by Gasteiger charge is 2.31. The van der Waals surface area contributed by atoms with Crippen LogP contribution < -0.4 is 5.73 Å². The molecule has 6 heteroatoms. The molecule has 0 radical (unpaired) electrons. The molecule has 0 aliphatic heterocycles. The molecule has 0 atom stereocenters. The predicted octanol–water partition coefficient (Wildman–Crippen LogP) is 3.66. The minimum Gasteiger partial charge on any atom is -0.382 e. The Kier molecular flexibility index (Phi) is 3.19. The maximum atomic E-state index is 12.9. The smallest absolute Gasteiger partial charge is 0.382 e. The molecule has 0 amide bonds. The number of nitrogens with two attached hydrogens (primary N) is 1. The molecule has 1 aromatic heterocycles. The molecule has 0 spiro atoms. The van der Waals surface area contributed by atoms with E-state index in [9.17, 15) is 13.2 Å². The van der Waals surface area contributed by atoms with Crippen LogP contribution in [0.3, 0.4) is 0 Å². The summed E-state index contributed by atoms with van der Waals surface area (Å²) in [7, 11) is 0. The van der Waals surface area contributed by atoms with Gasteiger partial charge in [-0.2, -0.15) is 18.3 Å². The van der Waals surface area contributed by atoms with Crippen molar-refractivity contribution >= 4 is 5.82 Å². The number of rotatable bonds is 1. The van der Waals surface area contributed by atoms with Crippen LogP contribution in [0.4, 0.5) is 19.0 Å². The van der Waals surface area contributed by atoms with E-state index in [0.29, 0.717) is 11.5 Å². The van der Waals surface area contributed by atoms with Crippen molar-refractivity contribution in [1.29, 1.82) is 0 Å². The largest absolute Gasteiger partial charge is 0.416 e. The number of nitrogen functional groups attached to an aromatic ring is 1. The number of aryl methyl sites for hydroxylation is 1. The van der Waals surface area contributed by atoms with Gasteiger partial charge in [-0.05, 0) is 50.3 Å². The van der Waals surface area contributed by atoms with Crippen LogP contribution in [0, 0.1) is 6.92 Å². The minimum absolute atomic E-state index is 0.432. The summed E-state index contributed by atoms with van der Waals surface area (Å²) in [5, 5.41) is 4.27. The van der Waals surface area contributed by atoms with Gasteiger partial charge in [0.25, 0.3) is 0 Å². The molecule has 2 N–H and O–H groups in total. The fourth-order valence-electron chi connectivity index (χ4n) is 2.84. The van der Waals surface area contributed by atoms with Crippen LogP contribution in [0.25, 0.3) is 5.69 Å². The molecule has 2 aromatic rings. The average molecular weight is 295 g/mol. The van der Waals surface area contributed by atoms with Crippen molar-refractivity contribution in [3.8, 4) is 5.69 Å². The number of halogens is 3. The van der Waals surface area contributed by atoms with E-state index in [1.54, 1.807) is 11.6 Å². The Morgan fingerprint density at radius 3 is 2.62 bits per heavy atom. The Balaban J connectivity index is 2.17. The van der Waals surface area contributed by atoms with Crippen LogP contribution in [0.15, 0.2) is 18.2 Å². The number of alkyl halides is 3. The second-order valence-electron chi connectivity index (χ2n) is 5.43. The fourth-order valence-corrected chi connectivity index (χ4v) is 2.84. The number of aromatic nitrogens is 2. The molecule has 21 heavy (non-hydrogen) atoms. The summed E-state index contributed by atoms with van der Waals surface area (Å²) in [6.07, 6.45) is -0.657. The number of benzene rings is 1. The SMILES string of the molecule is Cc1ccc(C(F)(F)F)cc1-n1nc(N)c2c1CCCC2. The van der Waals surface area contributed by atoms with Gasteiger partial charge >= 0.3 is 6.18 Å². The van der Waals surface area contributed by atoms with Crippen molar-refractivity contribution < 1.29 is 13.2 Å². The van der Waals surface area contributed by atoms with Crippen LogP contribution in [0.2, 0.25) is 0 Å². The van der Waals surface area contributed by atoms with Gasteiger partial charge in [-0.3, -0.25) is 0 Å². The van der Waals surface area contributed by atoms with E-state index in [2.05, 4.69) is 5.10 Å². The minimum atomic E-state index is -4.36.